The number of nitrogens with zero attached hydrogens (tertiary/aromatic N) is 6. The van der Waals surface area contributed by atoms with Crippen molar-refractivity contribution < 1.29 is 18.8 Å². The Morgan fingerprint density at radius 1 is 0.656 bits per heavy atom. The molecule has 2 heterocycles. The molecule has 2 aromatic heterocycles. The number of hydrogen-bond acceptors (Lipinski definition) is 5. The van der Waals surface area contributed by atoms with Gasteiger partial charge in [-0.2, -0.15) is 0 Å². The van der Waals surface area contributed by atoms with Gasteiger partial charge >= 0.3 is 0 Å². The maximum atomic E-state index is 6.06. The molecule has 61 heavy (non-hydrogen) atoms. The Morgan fingerprint density at radius 2 is 1.25 bits per heavy atom. The van der Waals surface area contributed by atoms with Crippen LogP contribution in [0.4, 0.5) is 0 Å². The molecule has 0 unspecified atom stereocenters. The quantitative estimate of drug-likeness (QED) is 0.0715. The van der Waals surface area contributed by atoms with Gasteiger partial charge in [-0.05, 0) is 100 Å². The fourth-order valence-corrected chi connectivity index (χ4v) is 8.19. The number of fused-ring (bicyclic) bond motifs is 4. The Morgan fingerprint density at radius 3 is 1.97 bits per heavy atom. The summed E-state index contributed by atoms with van der Waals surface area (Å²) in [6.45, 7) is 9.78. The Balaban J connectivity index is 1.13. The fourth-order valence-electron chi connectivity index (χ4n) is 8.19. The van der Waals surface area contributed by atoms with Gasteiger partial charge in [0, 0.05) is 27.1 Å². The minimum atomic E-state index is 0.643. The molecule has 9 nitrogen and oxygen atoms in total. The zero-order valence-corrected chi connectivity index (χ0v) is 34.8. The number of benzene rings is 7. The Bertz CT molecular complexity index is 3210. The van der Waals surface area contributed by atoms with E-state index in [-0.39, 0.29) is 0 Å². The SMILES string of the molecule is C=C(/C=C\C=C/NCC[n+]1c2ccccc2nn1-c1c(/C=C\[n+]2c3ccccc3nn2-c2c(C)cc(OC)c3ccccc23)cc(OC)c2ccccc12)c1ccccc1C. The number of rotatable bonds is 13. The van der Waals surface area contributed by atoms with E-state index in [0.717, 1.165) is 88.7 Å². The maximum absolute atomic E-state index is 6.06. The molecule has 0 aliphatic heterocycles. The average molecular weight is 802 g/mol. The van der Waals surface area contributed by atoms with E-state index in [2.05, 4.69) is 132 Å². The largest absolute Gasteiger partial charge is 0.496 e. The average Bonchev–Trinajstić information content (AvgIpc) is 3.84. The Hall–Kier alpha value is -7.78. The molecule has 9 aromatic rings. The molecule has 0 amide bonds. The van der Waals surface area contributed by atoms with E-state index in [1.54, 1.807) is 14.2 Å². The van der Waals surface area contributed by atoms with Crippen LogP contribution in [-0.4, -0.2) is 40.6 Å². The molecule has 0 atom stereocenters. The fraction of sp³-hybridized carbons (Fsp3) is 0.115. The summed E-state index contributed by atoms with van der Waals surface area (Å²) in [6.07, 6.45) is 12.2. The van der Waals surface area contributed by atoms with Crippen molar-refractivity contribution >= 4 is 61.5 Å². The molecular weight excluding hydrogens is 755 g/mol. The van der Waals surface area contributed by atoms with Gasteiger partial charge < -0.3 is 14.8 Å². The third-order valence-electron chi connectivity index (χ3n) is 11.1. The molecule has 0 fully saturated rings. The molecule has 9 rings (SSSR count). The van der Waals surface area contributed by atoms with Gasteiger partial charge in [-0.1, -0.05) is 116 Å². The van der Waals surface area contributed by atoms with Crippen molar-refractivity contribution in [3.05, 3.63) is 187 Å². The van der Waals surface area contributed by atoms with Crippen LogP contribution in [0.2, 0.25) is 0 Å². The summed E-state index contributed by atoms with van der Waals surface area (Å²) in [5, 5.41) is 18.0. The van der Waals surface area contributed by atoms with E-state index in [4.69, 9.17) is 19.7 Å². The predicted octanol–water partition coefficient (Wildman–Crippen LogP) is 9.88. The number of hydrogen-bond donors (Lipinski definition) is 1. The lowest BCUT2D eigenvalue weighted by atomic mass is 10.0. The zero-order valence-electron chi connectivity index (χ0n) is 34.8. The first-order valence-corrected chi connectivity index (χ1v) is 20.4. The van der Waals surface area contributed by atoms with Gasteiger partial charge in [0.1, 0.15) is 35.6 Å². The lowest BCUT2D eigenvalue weighted by Crippen LogP contribution is -2.46. The summed E-state index contributed by atoms with van der Waals surface area (Å²) < 4.78 is 16.2. The minimum absolute atomic E-state index is 0.643. The van der Waals surface area contributed by atoms with Crippen LogP contribution in [0.25, 0.3) is 72.8 Å². The van der Waals surface area contributed by atoms with Crippen molar-refractivity contribution in [2.75, 3.05) is 20.8 Å². The van der Waals surface area contributed by atoms with E-state index in [1.165, 1.54) is 5.56 Å². The van der Waals surface area contributed by atoms with E-state index in [9.17, 15) is 0 Å². The maximum Gasteiger partial charge on any atom is 0.250 e. The molecule has 0 radical (unpaired) electrons. The number of ether oxygens (including phenoxy) is 2. The van der Waals surface area contributed by atoms with Crippen molar-refractivity contribution in [2.24, 2.45) is 0 Å². The van der Waals surface area contributed by atoms with Gasteiger partial charge in [-0.3, -0.25) is 0 Å². The summed E-state index contributed by atoms with van der Waals surface area (Å²) in [7, 11) is 3.44. The third kappa shape index (κ3) is 7.31. The first-order chi connectivity index (χ1) is 29.9. The zero-order chi connectivity index (χ0) is 41.9. The molecule has 0 aliphatic carbocycles. The lowest BCUT2D eigenvalue weighted by molar-refractivity contribution is -0.746. The van der Waals surface area contributed by atoms with Crippen molar-refractivity contribution in [3.63, 3.8) is 0 Å². The summed E-state index contributed by atoms with van der Waals surface area (Å²) in [5.74, 6) is 1.60. The van der Waals surface area contributed by atoms with Crippen molar-refractivity contribution in [1.29, 1.82) is 0 Å². The molecule has 0 spiro atoms. The molecule has 9 heteroatoms. The number of nitrogens with one attached hydrogen (secondary N) is 1. The predicted molar refractivity (Wildman–Crippen MR) is 247 cm³/mol. The third-order valence-corrected chi connectivity index (χ3v) is 11.1. The number of aryl methyl sites for hydroxylation is 2. The van der Waals surface area contributed by atoms with Gasteiger partial charge in [0.05, 0.1) is 31.0 Å². The van der Waals surface area contributed by atoms with Crippen LogP contribution in [0.3, 0.4) is 0 Å². The summed E-state index contributed by atoms with van der Waals surface area (Å²) in [5.41, 5.74) is 10.9. The van der Waals surface area contributed by atoms with Crippen LogP contribution in [-0.2, 0) is 6.54 Å². The van der Waals surface area contributed by atoms with Crippen molar-refractivity contribution in [1.82, 2.24) is 25.1 Å². The minimum Gasteiger partial charge on any atom is -0.496 e. The molecular formula is C52H47N7O2+2. The molecule has 0 saturated heterocycles. The highest BCUT2D eigenvalue weighted by atomic mass is 16.5. The number of aromatic nitrogens is 6. The van der Waals surface area contributed by atoms with E-state index in [0.29, 0.717) is 13.1 Å². The van der Waals surface area contributed by atoms with Crippen molar-refractivity contribution in [2.45, 2.75) is 20.4 Å². The molecule has 300 valence electrons. The van der Waals surface area contributed by atoms with Crippen LogP contribution in [0.5, 0.6) is 11.5 Å². The highest BCUT2D eigenvalue weighted by Crippen LogP contribution is 2.36. The molecule has 0 aliphatic rings. The van der Waals surface area contributed by atoms with Crippen LogP contribution in [0.15, 0.2) is 164 Å². The Labute approximate surface area is 355 Å². The summed E-state index contributed by atoms with van der Waals surface area (Å²) >= 11 is 0. The van der Waals surface area contributed by atoms with Gasteiger partial charge in [0.15, 0.2) is 0 Å². The number of para-hydroxylation sites is 2. The van der Waals surface area contributed by atoms with Gasteiger partial charge in [-0.15, -0.1) is 9.36 Å². The second-order valence-corrected chi connectivity index (χ2v) is 14.9. The normalized spacial score (nSPS) is 11.9. The summed E-state index contributed by atoms with van der Waals surface area (Å²) in [6, 6.07) is 45.6. The monoisotopic (exact) mass is 801 g/mol. The smallest absolute Gasteiger partial charge is 0.250 e. The van der Waals surface area contributed by atoms with Gasteiger partial charge in [0.25, 0.3) is 0 Å². The van der Waals surface area contributed by atoms with E-state index in [1.807, 2.05) is 82.6 Å². The first-order valence-electron chi connectivity index (χ1n) is 20.4. The lowest BCUT2D eigenvalue weighted by Gasteiger charge is -2.13. The van der Waals surface area contributed by atoms with Crippen LogP contribution in [0.1, 0.15) is 22.3 Å². The standard InChI is InChI=1S/C52H47N7O2/c1-36-18-6-7-20-40(36)37(2)19-16-17-30-53-31-33-57-48-28-15-13-26-46(48)55-59(57)52-39(35-50(61-5)42-22-9-11-24-44(42)52)29-32-56-47-27-14-12-25-45(47)54-58(56)51-38(3)34-49(60-4)41-21-8-10-23-43(41)51/h6-30,32,34-35,53H,2,31,33H2,1,3-5H3/q+2/b19-16-,30-17-,32-29-. The Kier molecular flexibility index (Phi) is 10.7. The van der Waals surface area contributed by atoms with Crippen LogP contribution < -0.4 is 24.2 Å². The van der Waals surface area contributed by atoms with Crippen LogP contribution >= 0.6 is 0 Å². The van der Waals surface area contributed by atoms with Gasteiger partial charge in [-0.25, -0.2) is 0 Å². The van der Waals surface area contributed by atoms with Crippen molar-refractivity contribution in [3.8, 4) is 22.9 Å². The van der Waals surface area contributed by atoms with E-state index < -0.39 is 0 Å². The van der Waals surface area contributed by atoms with Gasteiger partial charge in [0.2, 0.25) is 22.1 Å². The molecule has 0 saturated carbocycles. The van der Waals surface area contributed by atoms with Crippen LogP contribution in [0, 0.1) is 13.8 Å². The second kappa shape index (κ2) is 16.8. The van der Waals surface area contributed by atoms with E-state index >= 15 is 0 Å². The molecule has 0 bridgehead atoms. The number of methoxy groups -OCH3 is 2. The molecule has 1 N–H and O–H groups in total. The highest BCUT2D eigenvalue weighted by molar-refractivity contribution is 5.99. The molecule has 7 aromatic carbocycles. The summed E-state index contributed by atoms with van der Waals surface area (Å²) in [4.78, 5) is 4.04. The number of allylic oxidation sites excluding steroid dienone is 4. The first kappa shape index (κ1) is 38.7. The highest BCUT2D eigenvalue weighted by Gasteiger charge is 2.27. The second-order valence-electron chi connectivity index (χ2n) is 14.9. The topological polar surface area (TPSA) is 73.9 Å².